The second kappa shape index (κ2) is 12.2. The monoisotopic (exact) mass is 643 g/mol. The molecule has 238 valence electrons. The molecule has 1 spiro atoms. The van der Waals surface area contributed by atoms with Crippen LogP contribution in [0.5, 0.6) is 11.5 Å². The molecule has 2 N–H and O–H groups in total. The van der Waals surface area contributed by atoms with E-state index in [-0.39, 0.29) is 0 Å². The fraction of sp³-hybridized carbons (Fsp3) is 0.0435. The maximum atomic E-state index is 6.87. The molecule has 0 unspecified atom stereocenters. The second-order valence-corrected chi connectivity index (χ2v) is 12.7. The van der Waals surface area contributed by atoms with Gasteiger partial charge in [0.25, 0.3) is 0 Å². The van der Waals surface area contributed by atoms with Crippen molar-refractivity contribution in [1.29, 1.82) is 0 Å². The van der Waals surface area contributed by atoms with Crippen molar-refractivity contribution >= 4 is 11.4 Å². The van der Waals surface area contributed by atoms with E-state index in [1.54, 1.807) is 0 Å². The first-order valence-corrected chi connectivity index (χ1v) is 16.9. The molecule has 0 fully saturated rings. The normalized spacial score (nSPS) is 13.9. The Kier molecular flexibility index (Phi) is 7.21. The Balaban J connectivity index is 1.16. The molecule has 0 saturated heterocycles. The van der Waals surface area contributed by atoms with Crippen LogP contribution in [0.15, 0.2) is 181 Å². The average Bonchev–Trinajstić information content (AvgIpc) is 3.47. The third-order valence-electron chi connectivity index (χ3n) is 9.84. The van der Waals surface area contributed by atoms with Crippen LogP contribution in [0.3, 0.4) is 0 Å². The summed E-state index contributed by atoms with van der Waals surface area (Å²) in [6.45, 7) is 0.570. The van der Waals surface area contributed by atoms with Crippen molar-refractivity contribution in [3.05, 3.63) is 215 Å². The lowest BCUT2D eigenvalue weighted by Gasteiger charge is -2.38. The lowest BCUT2D eigenvalue weighted by molar-refractivity contribution is 0.434. The smallest absolute Gasteiger partial charge is 0.132 e. The van der Waals surface area contributed by atoms with E-state index in [0.29, 0.717) is 12.2 Å². The van der Waals surface area contributed by atoms with Gasteiger partial charge in [0, 0.05) is 28.6 Å². The topological polar surface area (TPSA) is 60.5 Å². The summed E-state index contributed by atoms with van der Waals surface area (Å²) in [5.74, 6) is 1.70. The Morgan fingerprint density at radius 3 is 2.02 bits per heavy atom. The largest absolute Gasteiger partial charge is 0.457 e. The van der Waals surface area contributed by atoms with Crippen LogP contribution < -0.4 is 10.5 Å². The van der Waals surface area contributed by atoms with Crippen molar-refractivity contribution in [3.8, 4) is 33.8 Å². The Morgan fingerprint density at radius 2 is 1.26 bits per heavy atom. The van der Waals surface area contributed by atoms with Gasteiger partial charge >= 0.3 is 0 Å². The molecule has 4 heteroatoms. The van der Waals surface area contributed by atoms with Crippen LogP contribution in [0.1, 0.15) is 39.1 Å². The third kappa shape index (κ3) is 4.84. The molecule has 0 bridgehead atoms. The standard InChI is InChI=1S/C46H33N3O/c47-41(29-42(32-15-5-2-6-16-32)49-30-31-13-3-1-4-14-31)35-18-11-17-33(27-35)34-24-25-36-37-19-12-26-48-45(37)46(40(36)28-34)38-20-7-9-22-43(38)50-44-23-10-8-21-39(44)46/h1-29H,30,47H2/b41-29-,49-42+. The van der Waals surface area contributed by atoms with Crippen LogP contribution in [0, 0.1) is 0 Å². The molecule has 7 aromatic rings. The van der Waals surface area contributed by atoms with Gasteiger partial charge in [-0.05, 0) is 75.4 Å². The number of hydrogen-bond acceptors (Lipinski definition) is 4. The Morgan fingerprint density at radius 1 is 0.600 bits per heavy atom. The van der Waals surface area contributed by atoms with Crippen LogP contribution in [0.25, 0.3) is 28.0 Å². The van der Waals surface area contributed by atoms with Crippen LogP contribution in [-0.2, 0) is 12.0 Å². The van der Waals surface area contributed by atoms with Gasteiger partial charge in [-0.1, -0.05) is 133 Å². The van der Waals surface area contributed by atoms with Crippen LogP contribution in [-0.4, -0.2) is 10.7 Å². The predicted molar refractivity (Wildman–Crippen MR) is 202 cm³/mol. The molecule has 4 nitrogen and oxygen atoms in total. The van der Waals surface area contributed by atoms with Gasteiger partial charge in [0.2, 0.25) is 0 Å². The lowest BCUT2D eigenvalue weighted by Crippen LogP contribution is -2.33. The Hall–Kier alpha value is -6.52. The summed E-state index contributed by atoms with van der Waals surface area (Å²) in [5, 5.41) is 0. The van der Waals surface area contributed by atoms with Gasteiger partial charge < -0.3 is 10.5 Å². The summed E-state index contributed by atoms with van der Waals surface area (Å²) in [6.07, 6.45) is 3.90. The van der Waals surface area contributed by atoms with E-state index in [0.717, 1.165) is 67.4 Å². The fourth-order valence-electron chi connectivity index (χ4n) is 7.56. The Labute approximate surface area is 291 Å². The van der Waals surface area contributed by atoms with Gasteiger partial charge in [-0.25, -0.2) is 0 Å². The highest BCUT2D eigenvalue weighted by molar-refractivity contribution is 6.12. The number of nitrogens with two attached hydrogens (primary N) is 1. The first-order chi connectivity index (χ1) is 24.7. The highest BCUT2D eigenvalue weighted by Gasteiger charge is 2.52. The number of benzene rings is 6. The molecule has 1 aliphatic heterocycles. The van der Waals surface area contributed by atoms with E-state index in [1.807, 2.05) is 66.9 Å². The van der Waals surface area contributed by atoms with Gasteiger partial charge in [0.05, 0.1) is 23.4 Å². The molecular formula is C46H33N3O. The number of hydrogen-bond donors (Lipinski definition) is 1. The zero-order valence-electron chi connectivity index (χ0n) is 27.3. The second-order valence-electron chi connectivity index (χ2n) is 12.7. The molecule has 1 aliphatic carbocycles. The van der Waals surface area contributed by atoms with Gasteiger partial charge in [-0.3, -0.25) is 9.98 Å². The maximum absolute atomic E-state index is 6.87. The molecule has 2 heterocycles. The molecule has 9 rings (SSSR count). The quantitative estimate of drug-likeness (QED) is 0.184. The zero-order chi connectivity index (χ0) is 33.5. The number of ether oxygens (including phenoxy) is 1. The van der Waals surface area contributed by atoms with Crippen molar-refractivity contribution in [2.75, 3.05) is 0 Å². The number of allylic oxidation sites excluding steroid dienone is 1. The van der Waals surface area contributed by atoms with Gasteiger partial charge in [0.15, 0.2) is 0 Å². The summed E-state index contributed by atoms with van der Waals surface area (Å²) in [4.78, 5) is 10.1. The van der Waals surface area contributed by atoms with E-state index in [9.17, 15) is 0 Å². The lowest BCUT2D eigenvalue weighted by atomic mass is 9.67. The zero-order valence-corrected chi connectivity index (χ0v) is 27.3. The summed E-state index contributed by atoms with van der Waals surface area (Å²) in [7, 11) is 0. The van der Waals surface area contributed by atoms with Crippen LogP contribution >= 0.6 is 0 Å². The van der Waals surface area contributed by atoms with Crippen molar-refractivity contribution in [1.82, 2.24) is 4.98 Å². The number of aliphatic imine (C=N–C) groups is 1. The number of rotatable bonds is 6. The molecule has 0 saturated carbocycles. The summed E-state index contributed by atoms with van der Waals surface area (Å²) < 4.78 is 6.50. The highest BCUT2D eigenvalue weighted by Crippen LogP contribution is 2.61. The maximum Gasteiger partial charge on any atom is 0.132 e. The summed E-state index contributed by atoms with van der Waals surface area (Å²) in [6, 6.07) is 56.7. The van der Waals surface area contributed by atoms with Crippen molar-refractivity contribution < 1.29 is 4.74 Å². The number of fused-ring (bicyclic) bond motifs is 9. The minimum absolute atomic E-state index is 0.570. The van der Waals surface area contributed by atoms with E-state index < -0.39 is 5.41 Å². The van der Waals surface area contributed by atoms with E-state index in [1.165, 1.54) is 11.1 Å². The van der Waals surface area contributed by atoms with Gasteiger partial charge in [-0.15, -0.1) is 0 Å². The van der Waals surface area contributed by atoms with Crippen molar-refractivity contribution in [2.45, 2.75) is 12.0 Å². The third-order valence-corrected chi connectivity index (χ3v) is 9.84. The SMILES string of the molecule is N/C(=C\C(=N/Cc1ccccc1)c1ccccc1)c1cccc(-c2ccc3c(c2)C2(c4ccccc4Oc4ccccc42)c2ncccc2-3)c1. The first-order valence-electron chi connectivity index (χ1n) is 16.9. The van der Waals surface area contributed by atoms with E-state index in [2.05, 4.69) is 109 Å². The van der Waals surface area contributed by atoms with E-state index in [4.69, 9.17) is 20.4 Å². The number of pyridine rings is 1. The highest BCUT2D eigenvalue weighted by atomic mass is 16.5. The molecular weight excluding hydrogens is 611 g/mol. The fourth-order valence-corrected chi connectivity index (χ4v) is 7.56. The van der Waals surface area contributed by atoms with Gasteiger partial charge in [-0.2, -0.15) is 0 Å². The predicted octanol–water partition coefficient (Wildman–Crippen LogP) is 10.2. The molecule has 0 radical (unpaired) electrons. The van der Waals surface area contributed by atoms with E-state index >= 15 is 0 Å². The molecule has 0 amide bonds. The molecule has 1 aromatic heterocycles. The van der Waals surface area contributed by atoms with Crippen LogP contribution in [0.2, 0.25) is 0 Å². The van der Waals surface area contributed by atoms with Crippen molar-refractivity contribution in [2.24, 2.45) is 10.7 Å². The van der Waals surface area contributed by atoms with Gasteiger partial charge in [0.1, 0.15) is 11.5 Å². The number of para-hydroxylation sites is 2. The molecule has 6 aromatic carbocycles. The summed E-state index contributed by atoms with van der Waals surface area (Å²) in [5.41, 5.74) is 19.8. The Bertz CT molecular complexity index is 2400. The minimum atomic E-state index is -0.621. The summed E-state index contributed by atoms with van der Waals surface area (Å²) >= 11 is 0. The molecule has 0 atom stereocenters. The molecule has 50 heavy (non-hydrogen) atoms. The molecule has 2 aliphatic rings. The number of nitrogens with zero attached hydrogens (tertiary/aromatic N) is 2. The average molecular weight is 644 g/mol. The first kappa shape index (κ1) is 29.6. The minimum Gasteiger partial charge on any atom is -0.457 e. The van der Waals surface area contributed by atoms with Crippen molar-refractivity contribution in [3.63, 3.8) is 0 Å². The van der Waals surface area contributed by atoms with Crippen LogP contribution in [0.4, 0.5) is 0 Å². The number of aromatic nitrogens is 1.